The van der Waals surface area contributed by atoms with Gasteiger partial charge in [-0.2, -0.15) is 0 Å². The van der Waals surface area contributed by atoms with Crippen molar-refractivity contribution in [1.29, 1.82) is 0 Å². The zero-order valence-electron chi connectivity index (χ0n) is 10.1. The first-order valence-corrected chi connectivity index (χ1v) is 6.72. The topological polar surface area (TPSA) is 25.2 Å². The molecule has 1 atom stereocenters. The van der Waals surface area contributed by atoms with Gasteiger partial charge in [0, 0.05) is 6.54 Å². The number of hydrogen-bond donors (Lipinski definition) is 1. The van der Waals surface area contributed by atoms with Crippen LogP contribution in [0.15, 0.2) is 64.2 Å². The standard InChI is InChI=1S/C15H16BrNO/c1-2-6-13(14-9-10-15(16)18-14)17-11-12-7-4-3-5-8-12/h2-5,7-10,13,17H,1,6,11H2/t13-/m0/s1. The Bertz CT molecular complexity index is 492. The summed E-state index contributed by atoms with van der Waals surface area (Å²) in [6, 6.07) is 14.4. The molecule has 2 rings (SSSR count). The Morgan fingerprint density at radius 1 is 1.22 bits per heavy atom. The molecule has 1 N–H and O–H groups in total. The van der Waals surface area contributed by atoms with E-state index in [4.69, 9.17) is 4.42 Å². The number of nitrogens with one attached hydrogen (secondary N) is 1. The van der Waals surface area contributed by atoms with E-state index >= 15 is 0 Å². The van der Waals surface area contributed by atoms with Gasteiger partial charge in [-0.05, 0) is 40.0 Å². The van der Waals surface area contributed by atoms with Gasteiger partial charge in [-0.1, -0.05) is 36.4 Å². The first-order chi connectivity index (χ1) is 8.79. The second-order valence-corrected chi connectivity index (χ2v) is 4.87. The summed E-state index contributed by atoms with van der Waals surface area (Å²) in [5, 5.41) is 3.48. The van der Waals surface area contributed by atoms with Gasteiger partial charge in [-0.3, -0.25) is 0 Å². The van der Waals surface area contributed by atoms with Crippen LogP contribution in [0.3, 0.4) is 0 Å². The Morgan fingerprint density at radius 3 is 2.61 bits per heavy atom. The van der Waals surface area contributed by atoms with Crippen molar-refractivity contribution in [1.82, 2.24) is 5.32 Å². The predicted molar refractivity (Wildman–Crippen MR) is 77.2 cm³/mol. The highest BCUT2D eigenvalue weighted by Crippen LogP contribution is 2.23. The number of halogens is 1. The third kappa shape index (κ3) is 3.59. The molecule has 0 aliphatic heterocycles. The van der Waals surface area contributed by atoms with E-state index in [9.17, 15) is 0 Å². The van der Waals surface area contributed by atoms with Crippen LogP contribution in [0.5, 0.6) is 0 Å². The summed E-state index contributed by atoms with van der Waals surface area (Å²) in [4.78, 5) is 0. The van der Waals surface area contributed by atoms with Gasteiger partial charge in [-0.15, -0.1) is 6.58 Å². The van der Waals surface area contributed by atoms with Crippen LogP contribution in [0, 0.1) is 0 Å². The molecule has 0 aliphatic rings. The number of benzene rings is 1. The van der Waals surface area contributed by atoms with E-state index in [1.807, 2.05) is 36.4 Å². The summed E-state index contributed by atoms with van der Waals surface area (Å²) >= 11 is 3.33. The molecule has 3 heteroatoms. The van der Waals surface area contributed by atoms with Gasteiger partial charge in [0.25, 0.3) is 0 Å². The molecule has 0 bridgehead atoms. The molecular weight excluding hydrogens is 290 g/mol. The van der Waals surface area contributed by atoms with Crippen molar-refractivity contribution in [2.75, 3.05) is 0 Å². The summed E-state index contributed by atoms with van der Waals surface area (Å²) in [6.07, 6.45) is 2.74. The SMILES string of the molecule is C=CC[C@H](NCc1ccccc1)c1ccc(Br)o1. The fraction of sp³-hybridized carbons (Fsp3) is 0.200. The van der Waals surface area contributed by atoms with Crippen molar-refractivity contribution in [2.24, 2.45) is 0 Å². The van der Waals surface area contributed by atoms with Gasteiger partial charge >= 0.3 is 0 Å². The van der Waals surface area contributed by atoms with Gasteiger partial charge in [0.15, 0.2) is 4.67 Å². The molecule has 0 unspecified atom stereocenters. The summed E-state index contributed by atoms with van der Waals surface area (Å²) < 4.78 is 6.35. The number of rotatable bonds is 6. The molecule has 0 aliphatic carbocycles. The van der Waals surface area contributed by atoms with Crippen molar-refractivity contribution in [3.8, 4) is 0 Å². The molecule has 2 nitrogen and oxygen atoms in total. The number of hydrogen-bond acceptors (Lipinski definition) is 2. The molecule has 0 saturated heterocycles. The monoisotopic (exact) mass is 305 g/mol. The minimum atomic E-state index is 0.161. The maximum absolute atomic E-state index is 5.59. The molecule has 94 valence electrons. The minimum absolute atomic E-state index is 0.161. The van der Waals surface area contributed by atoms with Crippen LogP contribution >= 0.6 is 15.9 Å². The Kier molecular flexibility index (Phi) is 4.79. The lowest BCUT2D eigenvalue weighted by atomic mass is 10.1. The fourth-order valence-electron chi connectivity index (χ4n) is 1.82. The van der Waals surface area contributed by atoms with Crippen LogP contribution in [0.4, 0.5) is 0 Å². The molecule has 0 saturated carbocycles. The highest BCUT2D eigenvalue weighted by molar-refractivity contribution is 9.10. The summed E-state index contributed by atoms with van der Waals surface area (Å²) in [5.74, 6) is 0.928. The minimum Gasteiger partial charge on any atom is -0.453 e. The smallest absolute Gasteiger partial charge is 0.169 e. The molecular formula is C15H16BrNO. The largest absolute Gasteiger partial charge is 0.453 e. The predicted octanol–water partition coefficient (Wildman–Crippen LogP) is 4.45. The Morgan fingerprint density at radius 2 is 2.00 bits per heavy atom. The normalized spacial score (nSPS) is 12.3. The van der Waals surface area contributed by atoms with Gasteiger partial charge in [0.2, 0.25) is 0 Å². The van der Waals surface area contributed by atoms with Gasteiger partial charge in [-0.25, -0.2) is 0 Å². The van der Waals surface area contributed by atoms with E-state index in [2.05, 4.69) is 40.0 Å². The quantitative estimate of drug-likeness (QED) is 0.798. The van der Waals surface area contributed by atoms with Crippen LogP contribution in [-0.4, -0.2) is 0 Å². The maximum atomic E-state index is 5.59. The van der Waals surface area contributed by atoms with Crippen LogP contribution < -0.4 is 5.32 Å². The highest BCUT2D eigenvalue weighted by atomic mass is 79.9. The average Bonchev–Trinajstić information content (AvgIpc) is 2.82. The van der Waals surface area contributed by atoms with E-state index in [0.29, 0.717) is 0 Å². The highest BCUT2D eigenvalue weighted by Gasteiger charge is 2.13. The molecule has 2 aromatic rings. The lowest BCUT2D eigenvalue weighted by molar-refractivity contribution is 0.402. The van der Waals surface area contributed by atoms with E-state index in [-0.39, 0.29) is 6.04 Å². The van der Waals surface area contributed by atoms with Crippen LogP contribution in [0.2, 0.25) is 0 Å². The van der Waals surface area contributed by atoms with Crippen molar-refractivity contribution >= 4 is 15.9 Å². The van der Waals surface area contributed by atoms with E-state index in [1.54, 1.807) is 0 Å². The van der Waals surface area contributed by atoms with Gasteiger partial charge in [0.1, 0.15) is 5.76 Å². The summed E-state index contributed by atoms with van der Waals surface area (Å²) in [5.41, 5.74) is 1.26. The molecule has 1 aromatic carbocycles. The van der Waals surface area contributed by atoms with Gasteiger partial charge < -0.3 is 9.73 Å². The van der Waals surface area contributed by atoms with Crippen LogP contribution in [0.1, 0.15) is 23.8 Å². The molecule has 1 aromatic heterocycles. The Balaban J connectivity index is 2.01. The molecule has 0 fully saturated rings. The van der Waals surface area contributed by atoms with E-state index < -0.39 is 0 Å². The summed E-state index contributed by atoms with van der Waals surface area (Å²) in [7, 11) is 0. The number of furan rings is 1. The third-order valence-corrected chi connectivity index (χ3v) is 3.16. The molecule has 0 amide bonds. The Labute approximate surface area is 116 Å². The zero-order valence-corrected chi connectivity index (χ0v) is 11.7. The second kappa shape index (κ2) is 6.57. The van der Waals surface area contributed by atoms with Crippen molar-refractivity contribution < 1.29 is 4.42 Å². The molecule has 0 spiro atoms. The summed E-state index contributed by atoms with van der Waals surface area (Å²) in [6.45, 7) is 4.61. The van der Waals surface area contributed by atoms with Crippen molar-refractivity contribution in [3.05, 3.63) is 71.1 Å². The Hall–Kier alpha value is -1.32. The van der Waals surface area contributed by atoms with Crippen LogP contribution in [-0.2, 0) is 6.54 Å². The lowest BCUT2D eigenvalue weighted by Crippen LogP contribution is -2.19. The third-order valence-electron chi connectivity index (χ3n) is 2.74. The fourth-order valence-corrected chi connectivity index (χ4v) is 2.14. The van der Waals surface area contributed by atoms with Crippen molar-refractivity contribution in [2.45, 2.75) is 19.0 Å². The first-order valence-electron chi connectivity index (χ1n) is 5.93. The molecule has 18 heavy (non-hydrogen) atoms. The second-order valence-electron chi connectivity index (χ2n) is 4.09. The zero-order chi connectivity index (χ0) is 12.8. The molecule has 1 heterocycles. The van der Waals surface area contributed by atoms with Crippen molar-refractivity contribution in [3.63, 3.8) is 0 Å². The maximum Gasteiger partial charge on any atom is 0.169 e. The molecule has 0 radical (unpaired) electrons. The lowest BCUT2D eigenvalue weighted by Gasteiger charge is -2.14. The first kappa shape index (κ1) is 13.1. The van der Waals surface area contributed by atoms with Crippen LogP contribution in [0.25, 0.3) is 0 Å². The average molecular weight is 306 g/mol. The van der Waals surface area contributed by atoms with Gasteiger partial charge in [0.05, 0.1) is 6.04 Å². The van der Waals surface area contributed by atoms with E-state index in [1.165, 1.54) is 5.56 Å². The van der Waals surface area contributed by atoms with E-state index in [0.717, 1.165) is 23.4 Å².